The molecule has 2 nitrogen and oxygen atoms in total. The summed E-state index contributed by atoms with van der Waals surface area (Å²) in [6.07, 6.45) is 3.32. The van der Waals surface area contributed by atoms with Gasteiger partial charge in [0.05, 0.1) is 5.69 Å². The lowest BCUT2D eigenvalue weighted by molar-refractivity contribution is 0.533. The summed E-state index contributed by atoms with van der Waals surface area (Å²) in [7, 11) is 1.96. The molecule has 0 aliphatic heterocycles. The number of nitrogens with one attached hydrogen (secondary N) is 1. The van der Waals surface area contributed by atoms with Gasteiger partial charge in [-0.25, -0.2) is 4.39 Å². The zero-order valence-corrected chi connectivity index (χ0v) is 12.7. The van der Waals surface area contributed by atoms with E-state index >= 15 is 0 Å². The second kappa shape index (κ2) is 8.16. The molecule has 0 radical (unpaired) electrons. The van der Waals surface area contributed by atoms with E-state index in [0.29, 0.717) is 11.7 Å². The molecule has 0 aliphatic rings. The van der Waals surface area contributed by atoms with E-state index in [1.807, 2.05) is 24.1 Å². The van der Waals surface area contributed by atoms with Crippen LogP contribution in [0.4, 0.5) is 10.1 Å². The molecule has 0 bridgehead atoms. The molecule has 1 rings (SSSR count). The number of unbranched alkanes of at least 4 members (excludes halogenated alkanes) is 1. The van der Waals surface area contributed by atoms with Gasteiger partial charge in [0.2, 0.25) is 0 Å². The Kier molecular flexibility index (Phi) is 6.85. The summed E-state index contributed by atoms with van der Waals surface area (Å²) >= 11 is 0. The van der Waals surface area contributed by atoms with E-state index in [0.717, 1.165) is 37.9 Å². The Morgan fingerprint density at radius 2 is 2.05 bits per heavy atom. The predicted octanol–water partition coefficient (Wildman–Crippen LogP) is 3.95. The monoisotopic (exact) mass is 266 g/mol. The summed E-state index contributed by atoms with van der Waals surface area (Å²) < 4.78 is 13.9. The molecule has 1 atom stereocenters. The first-order valence-corrected chi connectivity index (χ1v) is 7.31. The van der Waals surface area contributed by atoms with Crippen LogP contribution in [-0.4, -0.2) is 19.6 Å². The summed E-state index contributed by atoms with van der Waals surface area (Å²) in [5, 5.41) is 3.44. The third-order valence-corrected chi connectivity index (χ3v) is 3.54. The van der Waals surface area contributed by atoms with Gasteiger partial charge in [-0.3, -0.25) is 0 Å². The highest BCUT2D eigenvalue weighted by atomic mass is 19.1. The van der Waals surface area contributed by atoms with Gasteiger partial charge < -0.3 is 10.2 Å². The Hall–Kier alpha value is -1.09. The topological polar surface area (TPSA) is 15.3 Å². The number of hydrogen-bond donors (Lipinski definition) is 1. The van der Waals surface area contributed by atoms with Gasteiger partial charge in [-0.15, -0.1) is 0 Å². The molecule has 0 spiro atoms. The Bertz CT molecular complexity index is 379. The second-order valence-corrected chi connectivity index (χ2v) is 5.25. The van der Waals surface area contributed by atoms with Crippen LogP contribution < -0.4 is 10.2 Å². The highest BCUT2D eigenvalue weighted by Gasteiger charge is 2.08. The van der Waals surface area contributed by atoms with E-state index in [4.69, 9.17) is 0 Å². The third-order valence-electron chi connectivity index (χ3n) is 3.54. The lowest BCUT2D eigenvalue weighted by Gasteiger charge is -2.21. The van der Waals surface area contributed by atoms with Gasteiger partial charge in [-0.2, -0.15) is 0 Å². The Morgan fingerprint density at radius 3 is 2.68 bits per heavy atom. The minimum atomic E-state index is -0.133. The maximum absolute atomic E-state index is 13.9. The summed E-state index contributed by atoms with van der Waals surface area (Å²) in [6, 6.07) is 5.89. The molecule has 0 saturated carbocycles. The van der Waals surface area contributed by atoms with Crippen molar-refractivity contribution in [3.8, 4) is 0 Å². The van der Waals surface area contributed by atoms with Crippen LogP contribution in [0.15, 0.2) is 18.2 Å². The van der Waals surface area contributed by atoms with Crippen molar-refractivity contribution in [1.29, 1.82) is 0 Å². The first-order chi connectivity index (χ1) is 9.08. The fraction of sp³-hybridized carbons (Fsp3) is 0.625. The zero-order valence-electron chi connectivity index (χ0n) is 12.7. The number of rotatable bonds is 8. The quantitative estimate of drug-likeness (QED) is 0.766. The SMILES string of the molecule is CCCCN(C)c1cc(CNC(C)CC)ccc1F. The minimum absolute atomic E-state index is 0.133. The molecule has 0 aromatic heterocycles. The molecule has 108 valence electrons. The van der Waals surface area contributed by atoms with Gasteiger partial charge in [-0.1, -0.05) is 26.3 Å². The Balaban J connectivity index is 2.70. The molecule has 3 heteroatoms. The van der Waals surface area contributed by atoms with Crippen molar-refractivity contribution in [2.45, 2.75) is 52.6 Å². The summed E-state index contributed by atoms with van der Waals surface area (Å²) in [5.74, 6) is -0.133. The first-order valence-electron chi connectivity index (χ1n) is 7.31. The van der Waals surface area contributed by atoms with Gasteiger partial charge >= 0.3 is 0 Å². The fourth-order valence-corrected chi connectivity index (χ4v) is 1.91. The minimum Gasteiger partial charge on any atom is -0.372 e. The highest BCUT2D eigenvalue weighted by molar-refractivity contribution is 5.49. The second-order valence-electron chi connectivity index (χ2n) is 5.25. The lowest BCUT2D eigenvalue weighted by atomic mass is 10.1. The van der Waals surface area contributed by atoms with E-state index in [2.05, 4.69) is 26.1 Å². The van der Waals surface area contributed by atoms with E-state index in [-0.39, 0.29) is 5.82 Å². The number of halogens is 1. The molecule has 0 fully saturated rings. The number of benzene rings is 1. The summed E-state index contributed by atoms with van der Waals surface area (Å²) in [6.45, 7) is 8.17. The van der Waals surface area contributed by atoms with Crippen molar-refractivity contribution < 1.29 is 4.39 Å². The smallest absolute Gasteiger partial charge is 0.146 e. The molecule has 0 amide bonds. The zero-order chi connectivity index (χ0) is 14.3. The normalized spacial score (nSPS) is 12.5. The molecule has 19 heavy (non-hydrogen) atoms. The van der Waals surface area contributed by atoms with Crippen LogP contribution in [0, 0.1) is 5.82 Å². The Morgan fingerprint density at radius 1 is 1.32 bits per heavy atom. The first kappa shape index (κ1) is 16.0. The van der Waals surface area contributed by atoms with Gasteiger partial charge in [-0.05, 0) is 37.5 Å². The van der Waals surface area contributed by atoms with E-state index in [1.165, 1.54) is 0 Å². The van der Waals surface area contributed by atoms with Crippen LogP contribution in [0.1, 0.15) is 45.6 Å². The highest BCUT2D eigenvalue weighted by Crippen LogP contribution is 2.20. The van der Waals surface area contributed by atoms with Crippen molar-refractivity contribution in [2.24, 2.45) is 0 Å². The average Bonchev–Trinajstić information content (AvgIpc) is 2.43. The average molecular weight is 266 g/mol. The van der Waals surface area contributed by atoms with Gasteiger partial charge in [0.25, 0.3) is 0 Å². The molecule has 0 saturated heterocycles. The summed E-state index contributed by atoms with van der Waals surface area (Å²) in [4.78, 5) is 2.01. The van der Waals surface area contributed by atoms with Crippen LogP contribution in [0.5, 0.6) is 0 Å². The molecular weight excluding hydrogens is 239 g/mol. The van der Waals surface area contributed by atoms with Crippen molar-refractivity contribution in [1.82, 2.24) is 5.32 Å². The molecule has 1 aromatic carbocycles. The molecule has 1 N–H and O–H groups in total. The van der Waals surface area contributed by atoms with Crippen molar-refractivity contribution in [3.63, 3.8) is 0 Å². The number of hydrogen-bond acceptors (Lipinski definition) is 2. The van der Waals surface area contributed by atoms with Crippen LogP contribution >= 0.6 is 0 Å². The molecule has 1 aromatic rings. The maximum Gasteiger partial charge on any atom is 0.146 e. The number of anilines is 1. The Labute approximate surface area is 117 Å². The lowest BCUT2D eigenvalue weighted by Crippen LogP contribution is -2.25. The van der Waals surface area contributed by atoms with E-state index < -0.39 is 0 Å². The van der Waals surface area contributed by atoms with Gasteiger partial charge in [0, 0.05) is 26.2 Å². The van der Waals surface area contributed by atoms with Crippen LogP contribution in [-0.2, 0) is 6.54 Å². The van der Waals surface area contributed by atoms with Crippen molar-refractivity contribution in [2.75, 3.05) is 18.5 Å². The molecule has 0 aliphatic carbocycles. The number of nitrogens with zero attached hydrogens (tertiary/aromatic N) is 1. The van der Waals surface area contributed by atoms with Gasteiger partial charge in [0.1, 0.15) is 5.82 Å². The van der Waals surface area contributed by atoms with Crippen LogP contribution in [0.3, 0.4) is 0 Å². The summed E-state index contributed by atoms with van der Waals surface area (Å²) in [5.41, 5.74) is 1.84. The third kappa shape index (κ3) is 5.19. The largest absolute Gasteiger partial charge is 0.372 e. The van der Waals surface area contributed by atoms with Gasteiger partial charge in [0.15, 0.2) is 0 Å². The molecule has 1 unspecified atom stereocenters. The van der Waals surface area contributed by atoms with Crippen LogP contribution in [0.2, 0.25) is 0 Å². The van der Waals surface area contributed by atoms with E-state index in [9.17, 15) is 4.39 Å². The van der Waals surface area contributed by atoms with Crippen LogP contribution in [0.25, 0.3) is 0 Å². The van der Waals surface area contributed by atoms with E-state index in [1.54, 1.807) is 6.07 Å². The fourth-order valence-electron chi connectivity index (χ4n) is 1.91. The molecular formula is C16H27FN2. The predicted molar refractivity (Wildman–Crippen MR) is 81.2 cm³/mol. The standard InChI is InChI=1S/C16H27FN2/c1-5-7-10-19(4)16-11-14(8-9-15(16)17)12-18-13(3)6-2/h8-9,11,13,18H,5-7,10,12H2,1-4H3. The maximum atomic E-state index is 13.9. The molecule has 0 heterocycles. The van der Waals surface area contributed by atoms with Crippen molar-refractivity contribution in [3.05, 3.63) is 29.6 Å². The van der Waals surface area contributed by atoms with Crippen molar-refractivity contribution >= 4 is 5.69 Å².